The normalized spacial score (nSPS) is 10.5. The van der Waals surface area contributed by atoms with Gasteiger partial charge >= 0.3 is 5.97 Å². The minimum absolute atomic E-state index is 0.239. The molecule has 0 unspecified atom stereocenters. The molecule has 0 radical (unpaired) electrons. The summed E-state index contributed by atoms with van der Waals surface area (Å²) in [6.45, 7) is 4.41. The van der Waals surface area contributed by atoms with Gasteiger partial charge in [-0.1, -0.05) is 0 Å². The zero-order chi connectivity index (χ0) is 14.0. The third-order valence-electron chi connectivity index (χ3n) is 2.67. The zero-order valence-electron chi connectivity index (χ0n) is 11.0. The van der Waals surface area contributed by atoms with Crippen LogP contribution in [0.3, 0.4) is 0 Å². The van der Waals surface area contributed by atoms with Crippen molar-refractivity contribution in [2.24, 2.45) is 0 Å². The Kier molecular flexibility index (Phi) is 4.04. The number of benzene rings is 1. The number of methoxy groups -OCH3 is 1. The van der Waals surface area contributed by atoms with Crippen LogP contribution in [0.4, 0.5) is 0 Å². The molecule has 0 spiro atoms. The van der Waals surface area contributed by atoms with Crippen LogP contribution in [0.1, 0.15) is 23.0 Å². The van der Waals surface area contributed by atoms with Crippen molar-refractivity contribution in [2.75, 3.05) is 13.7 Å². The Morgan fingerprint density at radius 2 is 2.11 bits per heavy atom. The molecule has 5 heteroatoms. The second kappa shape index (κ2) is 5.57. The van der Waals surface area contributed by atoms with Crippen LogP contribution in [0, 0.1) is 6.92 Å². The molecule has 4 nitrogen and oxygen atoms in total. The molecule has 0 amide bonds. The molecule has 1 heterocycles. The molecule has 0 aliphatic carbocycles. The largest absolute Gasteiger partial charge is 0.493 e. The van der Waals surface area contributed by atoms with E-state index in [1.165, 1.54) is 7.11 Å². The monoisotopic (exact) mass is 323 g/mol. The first-order chi connectivity index (χ1) is 9.06. The highest BCUT2D eigenvalue weighted by atomic mass is 79.9. The molecule has 100 valence electrons. The maximum Gasteiger partial charge on any atom is 0.356 e. The average molecular weight is 324 g/mol. The number of carbonyl (C=O) groups excluding carboxylic acids is 1. The molecule has 0 N–H and O–H groups in total. The number of nitrogens with zero attached hydrogens (tertiary/aromatic N) is 1. The summed E-state index contributed by atoms with van der Waals surface area (Å²) in [7, 11) is 1.33. The van der Waals surface area contributed by atoms with Gasteiger partial charge < -0.3 is 9.47 Å². The van der Waals surface area contributed by atoms with E-state index in [1.54, 1.807) is 6.07 Å². The minimum atomic E-state index is -0.477. The maximum absolute atomic E-state index is 11.6. The third kappa shape index (κ3) is 2.71. The molecule has 19 heavy (non-hydrogen) atoms. The van der Waals surface area contributed by atoms with Gasteiger partial charge in [0.05, 0.1) is 19.2 Å². The number of aryl methyl sites for hydroxylation is 1. The second-order valence-corrected chi connectivity index (χ2v) is 4.93. The number of aromatic nitrogens is 1. The molecule has 0 atom stereocenters. The van der Waals surface area contributed by atoms with Crippen molar-refractivity contribution in [1.29, 1.82) is 0 Å². The van der Waals surface area contributed by atoms with E-state index in [0.717, 1.165) is 15.4 Å². The van der Waals surface area contributed by atoms with Crippen LogP contribution in [0.25, 0.3) is 10.9 Å². The van der Waals surface area contributed by atoms with Crippen molar-refractivity contribution < 1.29 is 14.3 Å². The fraction of sp³-hybridized carbons (Fsp3) is 0.286. The van der Waals surface area contributed by atoms with Crippen molar-refractivity contribution in [3.05, 3.63) is 33.9 Å². The number of pyridine rings is 1. The third-order valence-corrected chi connectivity index (χ3v) is 3.27. The highest BCUT2D eigenvalue weighted by Gasteiger charge is 2.15. The van der Waals surface area contributed by atoms with Gasteiger partial charge in [0.2, 0.25) is 0 Å². The number of hydrogen-bond donors (Lipinski definition) is 0. The second-order valence-electron chi connectivity index (χ2n) is 4.07. The van der Waals surface area contributed by atoms with Crippen LogP contribution in [-0.2, 0) is 4.74 Å². The van der Waals surface area contributed by atoms with Crippen LogP contribution in [-0.4, -0.2) is 24.7 Å². The first-order valence-corrected chi connectivity index (χ1v) is 6.68. The number of halogens is 1. The fourth-order valence-electron chi connectivity index (χ4n) is 1.87. The van der Waals surface area contributed by atoms with Gasteiger partial charge in [-0.05, 0) is 47.5 Å². The number of ether oxygens (including phenoxy) is 2. The van der Waals surface area contributed by atoms with Crippen LogP contribution >= 0.6 is 15.9 Å². The van der Waals surface area contributed by atoms with Gasteiger partial charge in [-0.15, -0.1) is 0 Å². The molecule has 0 saturated heterocycles. The lowest BCUT2D eigenvalue weighted by Gasteiger charge is -2.11. The van der Waals surface area contributed by atoms with Gasteiger partial charge in [0.25, 0.3) is 0 Å². The van der Waals surface area contributed by atoms with E-state index in [2.05, 4.69) is 20.9 Å². The summed E-state index contributed by atoms with van der Waals surface area (Å²) in [6, 6.07) is 5.55. The lowest BCUT2D eigenvalue weighted by Crippen LogP contribution is -2.06. The number of carbonyl (C=O) groups is 1. The van der Waals surface area contributed by atoms with Crippen molar-refractivity contribution in [1.82, 2.24) is 4.98 Å². The van der Waals surface area contributed by atoms with Gasteiger partial charge in [-0.3, -0.25) is 0 Å². The molecule has 2 rings (SSSR count). The topological polar surface area (TPSA) is 48.4 Å². The van der Waals surface area contributed by atoms with Crippen LogP contribution in [0.5, 0.6) is 5.75 Å². The van der Waals surface area contributed by atoms with Gasteiger partial charge in [0.1, 0.15) is 5.75 Å². The molecule has 0 saturated carbocycles. The maximum atomic E-state index is 11.6. The van der Waals surface area contributed by atoms with Gasteiger partial charge in [0, 0.05) is 15.9 Å². The lowest BCUT2D eigenvalue weighted by atomic mass is 10.1. The summed E-state index contributed by atoms with van der Waals surface area (Å²) in [5.74, 6) is 0.160. The van der Waals surface area contributed by atoms with Gasteiger partial charge in [-0.2, -0.15) is 0 Å². The molecule has 0 aliphatic heterocycles. The Morgan fingerprint density at radius 3 is 2.74 bits per heavy atom. The van der Waals surface area contributed by atoms with Crippen molar-refractivity contribution in [3.8, 4) is 5.75 Å². The Balaban J connectivity index is 2.75. The number of fused-ring (bicyclic) bond motifs is 1. The van der Waals surface area contributed by atoms with E-state index < -0.39 is 5.97 Å². The predicted octanol–water partition coefficient (Wildman–Crippen LogP) is 3.49. The summed E-state index contributed by atoms with van der Waals surface area (Å²) in [5.41, 5.74) is 2.02. The van der Waals surface area contributed by atoms with E-state index in [4.69, 9.17) is 9.47 Å². The van der Waals surface area contributed by atoms with E-state index >= 15 is 0 Å². The highest BCUT2D eigenvalue weighted by molar-refractivity contribution is 9.10. The summed E-state index contributed by atoms with van der Waals surface area (Å²) in [4.78, 5) is 16.0. The summed E-state index contributed by atoms with van der Waals surface area (Å²) < 4.78 is 11.1. The van der Waals surface area contributed by atoms with Crippen LogP contribution in [0.15, 0.2) is 22.7 Å². The molecule has 2 aromatic rings. The molecular weight excluding hydrogens is 310 g/mol. The molecule has 0 bridgehead atoms. The summed E-state index contributed by atoms with van der Waals surface area (Å²) in [6.07, 6.45) is 0. The quantitative estimate of drug-likeness (QED) is 0.811. The summed E-state index contributed by atoms with van der Waals surface area (Å²) >= 11 is 3.47. The molecule has 0 aliphatic rings. The van der Waals surface area contributed by atoms with Gasteiger partial charge in [-0.25, -0.2) is 9.78 Å². The first-order valence-electron chi connectivity index (χ1n) is 5.88. The zero-order valence-corrected chi connectivity index (χ0v) is 12.6. The molecule has 1 aromatic heterocycles. The van der Waals surface area contributed by atoms with E-state index in [-0.39, 0.29) is 5.69 Å². The number of rotatable bonds is 3. The van der Waals surface area contributed by atoms with Crippen LogP contribution in [0.2, 0.25) is 0 Å². The fourth-order valence-corrected chi connectivity index (χ4v) is 2.54. The smallest absolute Gasteiger partial charge is 0.356 e. The molecular formula is C14H14BrNO3. The Labute approximate surface area is 119 Å². The Morgan fingerprint density at radius 1 is 1.37 bits per heavy atom. The lowest BCUT2D eigenvalue weighted by molar-refractivity contribution is 0.0594. The van der Waals surface area contributed by atoms with E-state index in [1.807, 2.05) is 26.0 Å². The Bertz CT molecular complexity index is 640. The van der Waals surface area contributed by atoms with Crippen molar-refractivity contribution >= 4 is 32.8 Å². The van der Waals surface area contributed by atoms with Gasteiger partial charge in [0.15, 0.2) is 5.69 Å². The first kappa shape index (κ1) is 13.8. The minimum Gasteiger partial charge on any atom is -0.493 e. The summed E-state index contributed by atoms with van der Waals surface area (Å²) in [5, 5.41) is 0.876. The SMILES string of the molecule is CCOc1cc(C(=O)OC)nc2c(Br)cc(C)cc12. The predicted molar refractivity (Wildman–Crippen MR) is 76.7 cm³/mol. The molecule has 0 fully saturated rings. The highest BCUT2D eigenvalue weighted by Crippen LogP contribution is 2.32. The average Bonchev–Trinajstić information content (AvgIpc) is 2.38. The van der Waals surface area contributed by atoms with Crippen LogP contribution < -0.4 is 4.74 Å². The van der Waals surface area contributed by atoms with E-state index in [9.17, 15) is 4.79 Å². The Hall–Kier alpha value is -1.62. The van der Waals surface area contributed by atoms with Crippen molar-refractivity contribution in [2.45, 2.75) is 13.8 Å². The number of hydrogen-bond acceptors (Lipinski definition) is 4. The van der Waals surface area contributed by atoms with E-state index in [0.29, 0.717) is 17.9 Å². The standard InChI is InChI=1S/C14H14BrNO3/c1-4-19-12-7-11(14(17)18-3)16-13-9(12)5-8(2)6-10(13)15/h5-7H,4H2,1-3H3. The molecule has 1 aromatic carbocycles. The van der Waals surface area contributed by atoms with Crippen molar-refractivity contribution in [3.63, 3.8) is 0 Å². The number of esters is 1.